The van der Waals surface area contributed by atoms with E-state index in [9.17, 15) is 4.79 Å². The van der Waals surface area contributed by atoms with Gasteiger partial charge in [0.05, 0.1) is 6.04 Å². The van der Waals surface area contributed by atoms with Crippen LogP contribution in [0, 0.1) is 0 Å². The van der Waals surface area contributed by atoms with Crippen molar-refractivity contribution in [1.29, 1.82) is 0 Å². The number of hydrogen-bond donors (Lipinski definition) is 1. The van der Waals surface area contributed by atoms with Crippen LogP contribution in [0.2, 0.25) is 0 Å². The Morgan fingerprint density at radius 3 is 2.67 bits per heavy atom. The zero-order valence-corrected chi connectivity index (χ0v) is 5.26. The van der Waals surface area contributed by atoms with E-state index < -0.39 is 0 Å². The number of hydrogen-bond acceptors (Lipinski definition) is 2. The second kappa shape index (κ2) is 5.25. The minimum absolute atomic E-state index is 0.358. The molecular weight excluding hydrogens is 116 g/mol. The second-order valence-corrected chi connectivity index (χ2v) is 1.53. The molecule has 0 aliphatic carbocycles. The van der Waals surface area contributed by atoms with Crippen molar-refractivity contribution in [2.24, 2.45) is 0 Å². The molecule has 0 rings (SSSR count). The molecule has 0 spiro atoms. The summed E-state index contributed by atoms with van der Waals surface area (Å²) in [6.07, 6.45) is 4.93. The fourth-order valence-corrected chi connectivity index (χ4v) is 0.383. The summed E-state index contributed by atoms with van der Waals surface area (Å²) < 4.78 is 0. The molecule has 9 heavy (non-hydrogen) atoms. The molecule has 0 aromatic carbocycles. The molecule has 1 atom stereocenters. The van der Waals surface area contributed by atoms with Crippen LogP contribution in [-0.2, 0) is 4.79 Å². The van der Waals surface area contributed by atoms with Gasteiger partial charge in [0.25, 0.3) is 0 Å². The van der Waals surface area contributed by atoms with Crippen LogP contribution in [0.1, 0.15) is 0 Å². The Hall–Kier alpha value is -0.890. The third-order valence-electron chi connectivity index (χ3n) is 0.845. The molecule has 0 fully saturated rings. The quantitative estimate of drug-likeness (QED) is 0.541. The first-order chi connectivity index (χ1) is 4.35. The Kier molecular flexibility index (Phi) is 4.73. The molecule has 49 valence electrons. The molecule has 1 radical (unpaired) electrons. The third kappa shape index (κ3) is 3.67. The lowest BCUT2D eigenvalue weighted by Gasteiger charge is -2.01. The monoisotopic (exact) mass is 126 g/mol. The zero-order valence-electron chi connectivity index (χ0n) is 5.26. The summed E-state index contributed by atoms with van der Waals surface area (Å²) in [7, 11) is 0. The van der Waals surface area contributed by atoms with Gasteiger partial charge in [0, 0.05) is 6.54 Å². The van der Waals surface area contributed by atoms with E-state index in [0.29, 0.717) is 6.54 Å². The fourth-order valence-electron chi connectivity index (χ4n) is 0.383. The Labute approximate surface area is 55.3 Å². The maximum atomic E-state index is 9.95. The molecule has 0 saturated carbocycles. The Bertz CT molecular complexity index is 101. The van der Waals surface area contributed by atoms with Crippen molar-refractivity contribution in [2.45, 2.75) is 6.04 Å². The standard InChI is InChI=1S/C7H10NO/c1-3-5-8-7(4-2)6-9/h3-4,7-8H,1-2,5H2/i5+2. The van der Waals surface area contributed by atoms with Gasteiger partial charge in [0.1, 0.15) is 0 Å². The molecule has 0 aliphatic rings. The molecule has 1 N–H and O–H groups in total. The summed E-state index contributed by atoms with van der Waals surface area (Å²) >= 11 is 0. The van der Waals surface area contributed by atoms with Crippen molar-refractivity contribution in [1.82, 2.24) is 5.32 Å². The van der Waals surface area contributed by atoms with E-state index >= 15 is 0 Å². The first-order valence-electron chi connectivity index (χ1n) is 2.69. The molecule has 0 heterocycles. The van der Waals surface area contributed by atoms with Gasteiger partial charge in [0.2, 0.25) is 6.29 Å². The minimum atomic E-state index is -0.358. The first-order valence-corrected chi connectivity index (χ1v) is 2.69. The van der Waals surface area contributed by atoms with E-state index in [1.54, 1.807) is 12.4 Å². The largest absolute Gasteiger partial charge is 0.300 e. The van der Waals surface area contributed by atoms with E-state index in [4.69, 9.17) is 0 Å². The summed E-state index contributed by atoms with van der Waals surface area (Å²) in [4.78, 5) is 9.95. The van der Waals surface area contributed by atoms with Crippen LogP contribution >= 0.6 is 0 Å². The predicted molar refractivity (Wildman–Crippen MR) is 37.9 cm³/mol. The fraction of sp³-hybridized carbons (Fsp3) is 0.286. The van der Waals surface area contributed by atoms with Gasteiger partial charge in [0.15, 0.2) is 0 Å². The molecule has 0 amide bonds. The van der Waals surface area contributed by atoms with Gasteiger partial charge in [-0.1, -0.05) is 12.2 Å². The van der Waals surface area contributed by atoms with Crippen LogP contribution in [0.5, 0.6) is 0 Å². The molecule has 2 heteroatoms. The highest BCUT2D eigenvalue weighted by Crippen LogP contribution is 1.76. The lowest BCUT2D eigenvalue weighted by Crippen LogP contribution is -2.27. The molecule has 0 bridgehead atoms. The van der Waals surface area contributed by atoms with Gasteiger partial charge >= 0.3 is 0 Å². The van der Waals surface area contributed by atoms with Crippen LogP contribution in [0.3, 0.4) is 0 Å². The molecule has 0 aromatic heterocycles. The van der Waals surface area contributed by atoms with Crippen molar-refractivity contribution in [3.05, 3.63) is 25.3 Å². The molecule has 0 aromatic rings. The summed E-state index contributed by atoms with van der Waals surface area (Å²) in [6.45, 7) is 7.50. The van der Waals surface area contributed by atoms with Gasteiger partial charge in [-0.15, -0.1) is 13.2 Å². The normalized spacial score (nSPS) is 12.0. The minimum Gasteiger partial charge on any atom is -0.300 e. The molecule has 0 saturated heterocycles. The average molecular weight is 126 g/mol. The highest BCUT2D eigenvalue weighted by molar-refractivity contribution is 5.61. The van der Waals surface area contributed by atoms with Gasteiger partial charge < -0.3 is 5.32 Å². The highest BCUT2D eigenvalue weighted by atomic mass is 16.1. The zero-order chi connectivity index (χ0) is 7.11. The lowest BCUT2D eigenvalue weighted by molar-refractivity contribution is 0.539. The van der Waals surface area contributed by atoms with Crippen LogP contribution in [0.15, 0.2) is 25.3 Å². The summed E-state index contributed by atoms with van der Waals surface area (Å²) in [5.41, 5.74) is 0. The Morgan fingerprint density at radius 2 is 2.33 bits per heavy atom. The maximum absolute atomic E-state index is 9.95. The number of nitrogens with one attached hydrogen (secondary N) is 1. The van der Waals surface area contributed by atoms with Crippen LogP contribution in [-0.4, -0.2) is 18.9 Å². The number of carbonyl (C=O) groups excluding carboxylic acids is 1. The van der Waals surface area contributed by atoms with Crippen molar-refractivity contribution in [3.63, 3.8) is 0 Å². The predicted octanol–water partition coefficient (Wildman–Crippen LogP) is 0.426. The topological polar surface area (TPSA) is 29.1 Å². The molecule has 1 unspecified atom stereocenters. The van der Waals surface area contributed by atoms with Crippen molar-refractivity contribution in [3.8, 4) is 0 Å². The van der Waals surface area contributed by atoms with Gasteiger partial charge in [-0.25, -0.2) is 0 Å². The second-order valence-electron chi connectivity index (χ2n) is 1.53. The third-order valence-corrected chi connectivity index (χ3v) is 0.845. The van der Waals surface area contributed by atoms with E-state index in [2.05, 4.69) is 18.5 Å². The van der Waals surface area contributed by atoms with E-state index in [0.717, 1.165) is 0 Å². The van der Waals surface area contributed by atoms with Gasteiger partial charge in [-0.2, -0.15) is 0 Å². The van der Waals surface area contributed by atoms with Crippen molar-refractivity contribution in [2.75, 3.05) is 6.54 Å². The van der Waals surface area contributed by atoms with Crippen LogP contribution in [0.25, 0.3) is 0 Å². The van der Waals surface area contributed by atoms with E-state index in [-0.39, 0.29) is 6.04 Å². The Morgan fingerprint density at radius 1 is 1.67 bits per heavy atom. The Balaban J connectivity index is 3.41. The van der Waals surface area contributed by atoms with Gasteiger partial charge in [-0.3, -0.25) is 4.79 Å². The van der Waals surface area contributed by atoms with E-state index in [1.165, 1.54) is 6.08 Å². The van der Waals surface area contributed by atoms with Crippen molar-refractivity contribution < 1.29 is 4.79 Å². The summed E-state index contributed by atoms with van der Waals surface area (Å²) in [6, 6.07) is -0.358. The smallest absolute Gasteiger partial charge is 0.221 e. The first kappa shape index (κ1) is 8.11. The molecular formula is C7H10NO. The average Bonchev–Trinajstić information content (AvgIpc) is 1.91. The van der Waals surface area contributed by atoms with Crippen LogP contribution in [0.4, 0.5) is 0 Å². The summed E-state index contributed by atoms with van der Waals surface area (Å²) in [5.74, 6) is 0. The molecule has 0 aliphatic heterocycles. The number of rotatable bonds is 5. The molecule has 2 nitrogen and oxygen atoms in total. The lowest BCUT2D eigenvalue weighted by atomic mass is 10.3. The highest BCUT2D eigenvalue weighted by Gasteiger charge is 1.96. The van der Waals surface area contributed by atoms with Crippen molar-refractivity contribution >= 4 is 6.29 Å². The van der Waals surface area contributed by atoms with Gasteiger partial charge in [-0.05, 0) is 0 Å². The van der Waals surface area contributed by atoms with Crippen LogP contribution < -0.4 is 5.32 Å². The SMILES string of the molecule is C=C[14CH2]NC([C]=O)C=C. The van der Waals surface area contributed by atoms with E-state index in [1.807, 2.05) is 0 Å². The maximum Gasteiger partial charge on any atom is 0.221 e. The summed E-state index contributed by atoms with van der Waals surface area (Å²) in [5, 5.41) is 2.81.